The van der Waals surface area contributed by atoms with E-state index in [0.717, 1.165) is 0 Å². The van der Waals surface area contributed by atoms with Gasteiger partial charge >= 0.3 is 0 Å². The Labute approximate surface area is 203 Å². The predicted octanol–water partition coefficient (Wildman–Crippen LogP) is 3.71. The number of carbonyl (C=O) groups is 1. The number of amides is 1. The van der Waals surface area contributed by atoms with E-state index < -0.39 is 11.2 Å². The van der Waals surface area contributed by atoms with E-state index in [1.165, 1.54) is 11.0 Å². The van der Waals surface area contributed by atoms with E-state index in [-0.39, 0.29) is 41.1 Å². The van der Waals surface area contributed by atoms with Gasteiger partial charge in [-0.15, -0.1) is 12.4 Å². The lowest BCUT2D eigenvalue weighted by atomic mass is 9.98. The van der Waals surface area contributed by atoms with E-state index >= 15 is 4.39 Å². The Morgan fingerprint density at radius 1 is 1.21 bits per heavy atom. The second-order valence-corrected chi connectivity index (χ2v) is 8.86. The number of carbonyl (C=O) groups excluding carboxylic acids is 1. The fraction of sp³-hybridized carbons (Fsp3) is 0.217. The van der Waals surface area contributed by atoms with Gasteiger partial charge in [-0.25, -0.2) is 9.49 Å². The summed E-state index contributed by atoms with van der Waals surface area (Å²) < 4.78 is 16.8. The van der Waals surface area contributed by atoms with Gasteiger partial charge in [0.05, 0.1) is 33.4 Å². The van der Waals surface area contributed by atoms with Crippen molar-refractivity contribution in [1.29, 1.82) is 0 Å². The highest BCUT2D eigenvalue weighted by molar-refractivity contribution is 6.31. The van der Waals surface area contributed by atoms with Gasteiger partial charge in [0.2, 0.25) is 5.91 Å². The molecule has 0 radical (unpaired) electrons. The van der Waals surface area contributed by atoms with Crippen LogP contribution in [0.3, 0.4) is 0 Å². The van der Waals surface area contributed by atoms with Crippen LogP contribution < -0.4 is 16.2 Å². The summed E-state index contributed by atoms with van der Waals surface area (Å²) in [5.74, 6) is -0.388. The fourth-order valence-corrected chi connectivity index (χ4v) is 4.98. The molecule has 0 unspecified atom stereocenters. The van der Waals surface area contributed by atoms with Crippen molar-refractivity contribution < 1.29 is 9.18 Å². The molecule has 1 amide bonds. The molecule has 4 aromatic rings. The lowest BCUT2D eigenvalue weighted by Gasteiger charge is -2.21. The highest BCUT2D eigenvalue weighted by Gasteiger charge is 2.61. The number of nitrogens with two attached hydrogens (primary N) is 1. The van der Waals surface area contributed by atoms with Gasteiger partial charge in [-0.2, -0.15) is 10.2 Å². The minimum absolute atomic E-state index is 0. The van der Waals surface area contributed by atoms with Gasteiger partial charge in [0.15, 0.2) is 5.82 Å². The maximum Gasteiger partial charge on any atom is 0.272 e. The molecular weight excluding hydrogens is 482 g/mol. The third-order valence-corrected chi connectivity index (χ3v) is 6.95. The third-order valence-electron chi connectivity index (χ3n) is 6.66. The maximum absolute atomic E-state index is 15.3. The number of hydrogen-bond donors (Lipinski definition) is 2. The number of aromatic nitrogens is 4. The number of hydrogen-bond acceptors (Lipinski definition) is 5. The molecule has 2 aromatic heterocycles. The predicted molar refractivity (Wildman–Crippen MR) is 129 cm³/mol. The van der Waals surface area contributed by atoms with Gasteiger partial charge in [0.1, 0.15) is 5.82 Å². The summed E-state index contributed by atoms with van der Waals surface area (Å²) in [5, 5.41) is 11.9. The van der Waals surface area contributed by atoms with Crippen LogP contribution in [0, 0.1) is 5.82 Å². The first-order valence-electron chi connectivity index (χ1n) is 10.4. The number of anilines is 2. The number of rotatable bonds is 3. The van der Waals surface area contributed by atoms with Crippen LogP contribution >= 0.6 is 24.0 Å². The van der Waals surface area contributed by atoms with Crippen molar-refractivity contribution in [2.45, 2.75) is 24.8 Å². The van der Waals surface area contributed by atoms with Crippen LogP contribution in [0.1, 0.15) is 24.1 Å². The Hall–Kier alpha value is -3.27. The summed E-state index contributed by atoms with van der Waals surface area (Å²) in [6.45, 7) is 0.140. The van der Waals surface area contributed by atoms with Gasteiger partial charge in [0.25, 0.3) is 5.56 Å². The van der Waals surface area contributed by atoms with Crippen LogP contribution in [0.2, 0.25) is 5.02 Å². The van der Waals surface area contributed by atoms with E-state index in [0.29, 0.717) is 51.8 Å². The summed E-state index contributed by atoms with van der Waals surface area (Å²) in [6.07, 6.45) is 2.94. The molecule has 3 N–H and O–H groups in total. The van der Waals surface area contributed by atoms with E-state index in [2.05, 4.69) is 15.3 Å². The molecule has 174 valence electrons. The van der Waals surface area contributed by atoms with Crippen molar-refractivity contribution in [2.75, 3.05) is 4.90 Å². The zero-order chi connectivity index (χ0) is 23.1. The molecule has 2 aromatic carbocycles. The molecule has 0 bridgehead atoms. The Balaban J connectivity index is 0.00000241. The molecule has 1 aliphatic carbocycles. The lowest BCUT2D eigenvalue weighted by molar-refractivity contribution is -0.119. The Bertz CT molecular complexity index is 1560. The largest absolute Gasteiger partial charge is 0.325 e. The number of aromatic amines is 1. The van der Waals surface area contributed by atoms with E-state index in [1.807, 2.05) is 0 Å². The van der Waals surface area contributed by atoms with Gasteiger partial charge in [-0.05, 0) is 42.2 Å². The second kappa shape index (κ2) is 7.63. The van der Waals surface area contributed by atoms with Gasteiger partial charge < -0.3 is 5.73 Å². The topological polar surface area (TPSA) is 110 Å². The van der Waals surface area contributed by atoms with Crippen LogP contribution in [0.4, 0.5) is 15.9 Å². The Kier molecular flexibility index (Phi) is 5.05. The lowest BCUT2D eigenvalue weighted by Crippen LogP contribution is -2.30. The molecule has 0 atom stereocenters. The molecule has 1 aliphatic heterocycles. The quantitative estimate of drug-likeness (QED) is 0.445. The summed E-state index contributed by atoms with van der Waals surface area (Å²) in [7, 11) is 1.70. The molecule has 8 nitrogen and oxygen atoms in total. The molecule has 3 heterocycles. The monoisotopic (exact) mass is 500 g/mol. The normalized spacial score (nSPS) is 15.6. The highest BCUT2D eigenvalue weighted by atomic mass is 35.5. The van der Waals surface area contributed by atoms with Crippen molar-refractivity contribution in [3.8, 4) is 11.1 Å². The molecule has 6 rings (SSSR count). The van der Waals surface area contributed by atoms with Crippen LogP contribution in [-0.4, -0.2) is 25.9 Å². The Morgan fingerprint density at radius 3 is 2.68 bits per heavy atom. The van der Waals surface area contributed by atoms with Crippen LogP contribution in [0.15, 0.2) is 41.3 Å². The van der Waals surface area contributed by atoms with Crippen molar-refractivity contribution in [2.24, 2.45) is 12.8 Å². The van der Waals surface area contributed by atoms with Crippen LogP contribution in [-0.2, 0) is 23.8 Å². The standard InChI is InChI=1S/C23H18ClFN6O2.ClH/c1-30-21(31-19-15(4-5-16(24)18(19)25)23(6-7-23)22(31)33)14(10-27-30)11-2-3-12-13(8-11)17(9-26)28-29-20(12)32;/h2-5,8,10H,6-7,9,26H2,1H3,(H,29,32);1H. The molecular formula is C23H19Cl2FN6O2. The summed E-state index contributed by atoms with van der Waals surface area (Å²) >= 11 is 6.10. The second-order valence-electron chi connectivity index (χ2n) is 8.45. The van der Waals surface area contributed by atoms with E-state index in [4.69, 9.17) is 17.3 Å². The zero-order valence-electron chi connectivity index (χ0n) is 17.9. The Morgan fingerprint density at radius 2 is 1.97 bits per heavy atom. The van der Waals surface area contributed by atoms with Crippen LogP contribution in [0.25, 0.3) is 21.9 Å². The minimum atomic E-state index is -0.713. The first-order valence-corrected chi connectivity index (χ1v) is 10.8. The molecule has 1 fully saturated rings. The number of halogens is 3. The van der Waals surface area contributed by atoms with Gasteiger partial charge in [-0.1, -0.05) is 23.7 Å². The number of aryl methyl sites for hydroxylation is 1. The van der Waals surface area contributed by atoms with E-state index in [1.54, 1.807) is 42.2 Å². The van der Waals surface area contributed by atoms with Gasteiger partial charge in [-0.3, -0.25) is 19.2 Å². The first kappa shape index (κ1) is 22.5. The molecule has 1 saturated carbocycles. The smallest absolute Gasteiger partial charge is 0.272 e. The highest BCUT2D eigenvalue weighted by Crippen LogP contribution is 2.60. The molecule has 34 heavy (non-hydrogen) atoms. The molecule has 2 aliphatic rings. The van der Waals surface area contributed by atoms with Crippen LogP contribution in [0.5, 0.6) is 0 Å². The minimum Gasteiger partial charge on any atom is -0.325 e. The third kappa shape index (κ3) is 2.87. The number of nitrogens with one attached hydrogen (secondary N) is 1. The SMILES string of the molecule is Cl.Cn1ncc(-c2ccc3c(=O)[nH]nc(CN)c3c2)c1N1C(=O)C2(CC2)c2ccc(Cl)c(F)c21. The molecule has 11 heteroatoms. The number of H-pyrrole nitrogens is 1. The van der Waals surface area contributed by atoms with E-state index in [9.17, 15) is 9.59 Å². The molecule has 0 saturated heterocycles. The zero-order valence-corrected chi connectivity index (χ0v) is 19.5. The van der Waals surface area contributed by atoms with Crippen molar-refractivity contribution in [3.05, 3.63) is 69.0 Å². The summed E-state index contributed by atoms with van der Waals surface area (Å²) in [5.41, 5.74) is 7.46. The number of nitrogens with zero attached hydrogens (tertiary/aromatic N) is 4. The van der Waals surface area contributed by atoms with Crippen molar-refractivity contribution in [3.63, 3.8) is 0 Å². The molecule has 1 spiro atoms. The summed E-state index contributed by atoms with van der Waals surface area (Å²) in [4.78, 5) is 27.2. The number of fused-ring (bicyclic) bond motifs is 3. The first-order chi connectivity index (χ1) is 15.9. The van der Waals surface area contributed by atoms with Crippen molar-refractivity contribution >= 4 is 52.2 Å². The summed E-state index contributed by atoms with van der Waals surface area (Å²) in [6, 6.07) is 8.48. The maximum atomic E-state index is 15.3. The van der Waals surface area contributed by atoms with Crippen molar-refractivity contribution in [1.82, 2.24) is 20.0 Å². The fourth-order valence-electron chi connectivity index (χ4n) is 4.83. The van der Waals surface area contributed by atoms with Gasteiger partial charge in [0, 0.05) is 24.5 Å². The number of benzene rings is 2. The average Bonchev–Trinajstić information content (AvgIpc) is 3.48. The average molecular weight is 501 g/mol.